The molecule has 0 radical (unpaired) electrons. The van der Waals surface area contributed by atoms with Gasteiger partial charge in [0.25, 0.3) is 5.69 Å². The predicted molar refractivity (Wildman–Crippen MR) is 140 cm³/mol. The van der Waals surface area contributed by atoms with E-state index in [9.17, 15) is 24.5 Å². The third-order valence-electron chi connectivity index (χ3n) is 5.30. The van der Waals surface area contributed by atoms with E-state index < -0.39 is 28.4 Å². The molecule has 3 aromatic carbocycles. The van der Waals surface area contributed by atoms with Crippen LogP contribution >= 0.6 is 11.9 Å². The van der Waals surface area contributed by atoms with Crippen molar-refractivity contribution >= 4 is 46.1 Å². The van der Waals surface area contributed by atoms with Crippen LogP contribution in [0.25, 0.3) is 11.0 Å². The number of benzene rings is 3. The van der Waals surface area contributed by atoms with E-state index in [-0.39, 0.29) is 18.7 Å². The van der Waals surface area contributed by atoms with Crippen molar-refractivity contribution in [2.75, 3.05) is 11.9 Å². The number of fused-ring (bicyclic) bond motifs is 1. The lowest BCUT2D eigenvalue weighted by Crippen LogP contribution is -2.47. The number of hydrogen-bond donors (Lipinski definition) is 3. The Hall–Kier alpha value is -4.48. The Morgan fingerprint density at radius 2 is 1.70 bits per heavy atom. The van der Waals surface area contributed by atoms with E-state index in [2.05, 4.69) is 15.4 Å². The predicted octanol–water partition coefficient (Wildman–Crippen LogP) is 3.66. The molecule has 0 unspecified atom stereocenters. The molecule has 1 heterocycles. The zero-order chi connectivity index (χ0) is 26.2. The van der Waals surface area contributed by atoms with Crippen LogP contribution < -0.4 is 21.0 Å². The smallest absolute Gasteiger partial charge is 0.336 e. The molecule has 0 saturated heterocycles. The van der Waals surface area contributed by atoms with E-state index in [0.717, 1.165) is 17.5 Å². The summed E-state index contributed by atoms with van der Waals surface area (Å²) in [7, 11) is 0. The fraction of sp³-hybridized carbons (Fsp3) is 0.115. The monoisotopic (exact) mass is 518 g/mol. The van der Waals surface area contributed by atoms with Crippen LogP contribution in [0.5, 0.6) is 0 Å². The highest BCUT2D eigenvalue weighted by molar-refractivity contribution is 7.97. The van der Waals surface area contributed by atoms with E-state index in [1.54, 1.807) is 42.5 Å². The molecule has 4 rings (SSSR count). The summed E-state index contributed by atoms with van der Waals surface area (Å²) in [5.74, 6) is -0.923. The highest BCUT2D eigenvalue weighted by Crippen LogP contribution is 2.26. The minimum atomic E-state index is -0.911. The van der Waals surface area contributed by atoms with Crippen molar-refractivity contribution in [3.8, 4) is 0 Å². The Labute approximate surface area is 215 Å². The molecule has 0 saturated carbocycles. The highest BCUT2D eigenvalue weighted by Gasteiger charge is 2.22. The van der Waals surface area contributed by atoms with Crippen LogP contribution in [0.15, 0.2) is 99.0 Å². The Bertz CT molecular complexity index is 1490. The second-order valence-electron chi connectivity index (χ2n) is 7.95. The average Bonchev–Trinajstić information content (AvgIpc) is 2.89. The van der Waals surface area contributed by atoms with E-state index in [4.69, 9.17) is 4.42 Å². The number of carbonyl (C=O) groups excluding carboxylic acids is 2. The molecular weight excluding hydrogens is 496 g/mol. The molecule has 188 valence electrons. The van der Waals surface area contributed by atoms with Crippen molar-refractivity contribution in [1.29, 1.82) is 0 Å². The molecule has 1 aromatic heterocycles. The minimum absolute atomic E-state index is 0.0760. The number of nitrogens with zero attached hydrogens (tertiary/aromatic N) is 1. The van der Waals surface area contributed by atoms with E-state index in [1.807, 2.05) is 30.3 Å². The summed E-state index contributed by atoms with van der Waals surface area (Å²) in [6.45, 7) is -0.184. The molecule has 0 spiro atoms. The molecule has 3 N–H and O–H groups in total. The minimum Gasteiger partial charge on any atom is -0.423 e. The van der Waals surface area contributed by atoms with Crippen LogP contribution in [0, 0.1) is 10.1 Å². The van der Waals surface area contributed by atoms with Crippen LogP contribution in [0.1, 0.15) is 5.56 Å². The van der Waals surface area contributed by atoms with Gasteiger partial charge in [0.15, 0.2) is 0 Å². The first-order valence-electron chi connectivity index (χ1n) is 11.2. The molecule has 37 heavy (non-hydrogen) atoms. The van der Waals surface area contributed by atoms with Crippen LogP contribution in [-0.4, -0.2) is 29.3 Å². The third-order valence-corrected chi connectivity index (χ3v) is 6.16. The third kappa shape index (κ3) is 7.03. The van der Waals surface area contributed by atoms with Gasteiger partial charge in [-0.25, -0.2) is 4.79 Å². The summed E-state index contributed by atoms with van der Waals surface area (Å²) in [6.07, 6.45) is 0.235. The van der Waals surface area contributed by atoms with E-state index >= 15 is 0 Å². The molecule has 2 amide bonds. The van der Waals surface area contributed by atoms with Gasteiger partial charge >= 0.3 is 5.63 Å². The first-order valence-corrected chi connectivity index (χ1v) is 12.0. The lowest BCUT2D eigenvalue weighted by Gasteiger charge is -2.19. The highest BCUT2D eigenvalue weighted by atomic mass is 32.2. The fourth-order valence-corrected chi connectivity index (χ4v) is 4.30. The zero-order valence-electron chi connectivity index (χ0n) is 19.4. The van der Waals surface area contributed by atoms with Gasteiger partial charge in [0.1, 0.15) is 16.5 Å². The molecule has 11 heteroatoms. The molecule has 1 atom stereocenters. The zero-order valence-corrected chi connectivity index (χ0v) is 20.2. The number of hydrogen-bond acceptors (Lipinski definition) is 8. The van der Waals surface area contributed by atoms with Gasteiger partial charge in [-0.15, -0.1) is 0 Å². The normalized spacial score (nSPS) is 11.6. The number of amides is 2. The van der Waals surface area contributed by atoms with Crippen molar-refractivity contribution in [2.45, 2.75) is 17.4 Å². The Kier molecular flexibility index (Phi) is 8.29. The van der Waals surface area contributed by atoms with Crippen molar-refractivity contribution in [1.82, 2.24) is 10.0 Å². The number of para-hydroxylation sites is 1. The Balaban J connectivity index is 1.43. The number of nitro benzene ring substituents is 1. The lowest BCUT2D eigenvalue weighted by molar-refractivity contribution is -0.387. The number of nitro groups is 1. The lowest BCUT2D eigenvalue weighted by atomic mass is 10.0. The molecule has 4 aromatic rings. The van der Waals surface area contributed by atoms with Crippen molar-refractivity contribution in [3.63, 3.8) is 0 Å². The summed E-state index contributed by atoms with van der Waals surface area (Å²) in [4.78, 5) is 48.4. The standard InChI is InChI=1S/C26H22N4O6S/c31-24(16-27-37-23-9-5-4-8-21(23)30(34)35)29-20(14-17-6-2-1-3-7-17)26(33)28-19-12-10-18-11-13-25(32)36-22(18)15-19/h1-13,15,20,27H,14,16H2,(H,28,33)(H,29,31)/t20-/m0/s1. The largest absolute Gasteiger partial charge is 0.423 e. The second-order valence-corrected chi connectivity index (χ2v) is 8.89. The van der Waals surface area contributed by atoms with Gasteiger partial charge in [0.05, 0.1) is 11.5 Å². The number of anilines is 1. The van der Waals surface area contributed by atoms with Crippen molar-refractivity contribution in [3.05, 3.63) is 111 Å². The first-order chi connectivity index (χ1) is 17.9. The van der Waals surface area contributed by atoms with Crippen molar-refractivity contribution in [2.24, 2.45) is 0 Å². The summed E-state index contributed by atoms with van der Waals surface area (Å²) in [6, 6.07) is 22.3. The van der Waals surface area contributed by atoms with Crippen molar-refractivity contribution < 1.29 is 18.9 Å². The summed E-state index contributed by atoms with van der Waals surface area (Å²) in [5, 5.41) is 17.4. The number of nitrogens with one attached hydrogen (secondary N) is 3. The van der Waals surface area contributed by atoms with Crippen LogP contribution in [0.3, 0.4) is 0 Å². The maximum Gasteiger partial charge on any atom is 0.336 e. The summed E-state index contributed by atoms with van der Waals surface area (Å²) in [5.41, 5.74) is 0.994. The molecule has 0 fully saturated rings. The topological polar surface area (TPSA) is 144 Å². The fourth-order valence-electron chi connectivity index (χ4n) is 3.55. The summed E-state index contributed by atoms with van der Waals surface area (Å²) >= 11 is 0.959. The number of rotatable bonds is 10. The molecule has 0 aliphatic rings. The molecule has 10 nitrogen and oxygen atoms in total. The number of carbonyl (C=O) groups is 2. The Morgan fingerprint density at radius 1 is 0.973 bits per heavy atom. The maximum absolute atomic E-state index is 13.2. The first kappa shape index (κ1) is 25.6. The van der Waals surface area contributed by atoms with Gasteiger partial charge in [-0.3, -0.25) is 24.4 Å². The van der Waals surface area contributed by atoms with Crippen LogP contribution in [0.2, 0.25) is 0 Å². The Morgan fingerprint density at radius 3 is 2.49 bits per heavy atom. The second kappa shape index (κ2) is 12.0. The maximum atomic E-state index is 13.2. The average molecular weight is 519 g/mol. The molecule has 0 bridgehead atoms. The van der Waals surface area contributed by atoms with Gasteiger partial charge in [-0.2, -0.15) is 0 Å². The van der Waals surface area contributed by atoms with Crippen LogP contribution in [-0.2, 0) is 16.0 Å². The van der Waals surface area contributed by atoms with Gasteiger partial charge in [0.2, 0.25) is 11.8 Å². The van der Waals surface area contributed by atoms with E-state index in [0.29, 0.717) is 21.6 Å². The molecule has 0 aliphatic carbocycles. The van der Waals surface area contributed by atoms with Gasteiger partial charge < -0.3 is 15.1 Å². The summed E-state index contributed by atoms with van der Waals surface area (Å²) < 4.78 is 7.99. The van der Waals surface area contributed by atoms with Gasteiger partial charge in [-0.1, -0.05) is 42.5 Å². The quantitative estimate of drug-likeness (QED) is 0.125. The van der Waals surface area contributed by atoms with Gasteiger partial charge in [-0.05, 0) is 41.8 Å². The molecule has 0 aliphatic heterocycles. The van der Waals surface area contributed by atoms with Gasteiger partial charge in [0, 0.05) is 35.7 Å². The molecular formula is C26H22N4O6S. The van der Waals surface area contributed by atoms with E-state index in [1.165, 1.54) is 12.1 Å². The SMILES string of the molecule is O=C(CNSc1ccccc1[N+](=O)[O-])N[C@@H](Cc1ccccc1)C(=O)Nc1ccc2ccc(=O)oc2c1. The van der Waals surface area contributed by atoms with Crippen LogP contribution in [0.4, 0.5) is 11.4 Å².